The smallest absolute Gasteiger partial charge is 0.244 e. The van der Waals surface area contributed by atoms with Crippen LogP contribution in [0.2, 0.25) is 0 Å². The van der Waals surface area contributed by atoms with E-state index in [1.807, 2.05) is 25.1 Å². The molecule has 0 saturated carbocycles. The van der Waals surface area contributed by atoms with Gasteiger partial charge in [0.05, 0.1) is 24.5 Å². The van der Waals surface area contributed by atoms with Crippen molar-refractivity contribution in [2.24, 2.45) is 7.05 Å². The third kappa shape index (κ3) is 3.73. The zero-order chi connectivity index (χ0) is 16.2. The molecule has 2 fully saturated rings. The number of aryl methyl sites for hydroxylation is 1. The molecule has 0 N–H and O–H groups in total. The van der Waals surface area contributed by atoms with Crippen molar-refractivity contribution in [2.75, 3.05) is 57.4 Å². The predicted octanol–water partition coefficient (Wildman–Crippen LogP) is 0.180. The third-order valence-electron chi connectivity index (χ3n) is 4.78. The van der Waals surface area contributed by atoms with Gasteiger partial charge in [-0.3, -0.25) is 19.3 Å². The molecule has 1 amide bonds. The summed E-state index contributed by atoms with van der Waals surface area (Å²) in [7, 11) is 1.88. The molecule has 0 bridgehead atoms. The molecule has 1 atom stereocenters. The van der Waals surface area contributed by atoms with Crippen LogP contribution in [0.4, 0.5) is 5.69 Å². The summed E-state index contributed by atoms with van der Waals surface area (Å²) in [5, 5.41) is 4.17. The number of amides is 1. The normalized spacial score (nSPS) is 23.8. The second-order valence-corrected chi connectivity index (χ2v) is 6.24. The summed E-state index contributed by atoms with van der Waals surface area (Å²) < 4.78 is 7.16. The van der Waals surface area contributed by atoms with Crippen LogP contribution >= 0.6 is 0 Å². The molecule has 128 valence electrons. The molecule has 2 saturated heterocycles. The monoisotopic (exact) mass is 321 g/mol. The van der Waals surface area contributed by atoms with Crippen molar-refractivity contribution in [3.05, 3.63) is 12.4 Å². The highest BCUT2D eigenvalue weighted by molar-refractivity contribution is 5.99. The van der Waals surface area contributed by atoms with Crippen LogP contribution in [0.1, 0.15) is 13.3 Å². The molecule has 3 rings (SSSR count). The van der Waals surface area contributed by atoms with E-state index in [4.69, 9.17) is 4.74 Å². The van der Waals surface area contributed by atoms with Crippen LogP contribution in [0.15, 0.2) is 12.4 Å². The van der Waals surface area contributed by atoms with Crippen molar-refractivity contribution in [2.45, 2.75) is 19.4 Å². The maximum absolute atomic E-state index is 12.7. The maximum atomic E-state index is 12.7. The number of nitrogens with zero attached hydrogens (tertiary/aromatic N) is 5. The topological polar surface area (TPSA) is 53.8 Å². The predicted molar refractivity (Wildman–Crippen MR) is 88.5 cm³/mol. The number of ether oxygens (including phenoxy) is 1. The van der Waals surface area contributed by atoms with E-state index >= 15 is 0 Å². The van der Waals surface area contributed by atoms with Crippen LogP contribution in [0.5, 0.6) is 0 Å². The minimum atomic E-state index is 0.0317. The second-order valence-electron chi connectivity index (χ2n) is 6.24. The number of piperazine rings is 1. The Kier molecular flexibility index (Phi) is 5.30. The quantitative estimate of drug-likeness (QED) is 0.700. The second kappa shape index (κ2) is 7.42. The summed E-state index contributed by atoms with van der Waals surface area (Å²) in [4.78, 5) is 19.4. The van der Waals surface area contributed by atoms with Crippen LogP contribution in [0.3, 0.4) is 0 Å². The number of anilines is 1. The Morgan fingerprint density at radius 1 is 1.26 bits per heavy atom. The van der Waals surface area contributed by atoms with E-state index in [1.54, 1.807) is 10.9 Å². The van der Waals surface area contributed by atoms with Gasteiger partial charge in [-0.15, -0.1) is 0 Å². The number of carbonyl (C=O) groups is 1. The molecule has 1 aromatic heterocycles. The Morgan fingerprint density at radius 2 is 2.04 bits per heavy atom. The van der Waals surface area contributed by atoms with Gasteiger partial charge >= 0.3 is 0 Å². The molecule has 2 aliphatic rings. The van der Waals surface area contributed by atoms with Crippen LogP contribution in [0.25, 0.3) is 0 Å². The van der Waals surface area contributed by atoms with Gasteiger partial charge in [0, 0.05) is 59.1 Å². The standard InChI is InChI=1S/C16H27N5O2/c1-3-23-11-10-19-6-8-20(9-7-19)15-4-5-21(16(15)22)14-12-17-18(2)13-14/h12-13,15H,3-11H2,1-2H3/t15-/m0/s1. The molecule has 7 heteroatoms. The minimum absolute atomic E-state index is 0.0317. The van der Waals surface area contributed by atoms with E-state index < -0.39 is 0 Å². The Hall–Kier alpha value is -1.44. The molecular formula is C16H27N5O2. The number of hydrogen-bond acceptors (Lipinski definition) is 5. The van der Waals surface area contributed by atoms with Crippen molar-refractivity contribution < 1.29 is 9.53 Å². The summed E-state index contributed by atoms with van der Waals surface area (Å²) in [5.74, 6) is 0.223. The van der Waals surface area contributed by atoms with Gasteiger partial charge in [0.2, 0.25) is 5.91 Å². The molecule has 0 aromatic carbocycles. The van der Waals surface area contributed by atoms with Gasteiger partial charge < -0.3 is 9.64 Å². The van der Waals surface area contributed by atoms with Crippen LogP contribution < -0.4 is 4.90 Å². The van der Waals surface area contributed by atoms with Gasteiger partial charge in [0.1, 0.15) is 0 Å². The third-order valence-corrected chi connectivity index (χ3v) is 4.78. The van der Waals surface area contributed by atoms with Gasteiger partial charge in [-0.25, -0.2) is 0 Å². The number of aromatic nitrogens is 2. The summed E-state index contributed by atoms with van der Waals surface area (Å²) in [6.45, 7) is 9.34. The van der Waals surface area contributed by atoms with Crippen molar-refractivity contribution in [1.29, 1.82) is 0 Å². The van der Waals surface area contributed by atoms with Gasteiger partial charge in [-0.1, -0.05) is 0 Å². The lowest BCUT2D eigenvalue weighted by Gasteiger charge is -2.37. The lowest BCUT2D eigenvalue weighted by molar-refractivity contribution is -0.122. The van der Waals surface area contributed by atoms with E-state index in [-0.39, 0.29) is 11.9 Å². The number of rotatable bonds is 6. The van der Waals surface area contributed by atoms with Crippen LogP contribution in [-0.2, 0) is 16.6 Å². The molecule has 0 spiro atoms. The average molecular weight is 321 g/mol. The Balaban J connectivity index is 1.50. The highest BCUT2D eigenvalue weighted by atomic mass is 16.5. The average Bonchev–Trinajstić information content (AvgIpc) is 3.14. The van der Waals surface area contributed by atoms with E-state index in [2.05, 4.69) is 14.9 Å². The largest absolute Gasteiger partial charge is 0.380 e. The first-order valence-electron chi connectivity index (χ1n) is 8.53. The summed E-state index contributed by atoms with van der Waals surface area (Å²) in [5.41, 5.74) is 0.912. The van der Waals surface area contributed by atoms with Crippen molar-refractivity contribution in [3.8, 4) is 0 Å². The Morgan fingerprint density at radius 3 is 2.70 bits per heavy atom. The minimum Gasteiger partial charge on any atom is -0.380 e. The zero-order valence-electron chi connectivity index (χ0n) is 14.1. The van der Waals surface area contributed by atoms with E-state index in [1.165, 1.54) is 0 Å². The molecular weight excluding hydrogens is 294 g/mol. The molecule has 0 radical (unpaired) electrons. The molecule has 1 aromatic rings. The molecule has 0 unspecified atom stereocenters. The molecule has 3 heterocycles. The summed E-state index contributed by atoms with van der Waals surface area (Å²) >= 11 is 0. The van der Waals surface area contributed by atoms with Crippen molar-refractivity contribution >= 4 is 11.6 Å². The highest BCUT2D eigenvalue weighted by Gasteiger charge is 2.38. The van der Waals surface area contributed by atoms with Gasteiger partial charge in [-0.2, -0.15) is 5.10 Å². The Bertz CT molecular complexity index is 524. The first kappa shape index (κ1) is 16.4. The van der Waals surface area contributed by atoms with Crippen molar-refractivity contribution in [3.63, 3.8) is 0 Å². The van der Waals surface area contributed by atoms with Crippen LogP contribution in [0, 0.1) is 0 Å². The molecule has 7 nitrogen and oxygen atoms in total. The van der Waals surface area contributed by atoms with E-state index in [0.29, 0.717) is 0 Å². The lowest BCUT2D eigenvalue weighted by Crippen LogP contribution is -2.53. The lowest BCUT2D eigenvalue weighted by atomic mass is 10.2. The van der Waals surface area contributed by atoms with E-state index in [0.717, 1.165) is 64.6 Å². The molecule has 23 heavy (non-hydrogen) atoms. The first-order chi connectivity index (χ1) is 11.2. The fraction of sp³-hybridized carbons (Fsp3) is 0.750. The van der Waals surface area contributed by atoms with E-state index in [9.17, 15) is 4.79 Å². The highest BCUT2D eigenvalue weighted by Crippen LogP contribution is 2.24. The fourth-order valence-corrected chi connectivity index (χ4v) is 3.44. The fourth-order valence-electron chi connectivity index (χ4n) is 3.44. The number of carbonyl (C=O) groups excluding carboxylic acids is 1. The molecule has 0 aliphatic carbocycles. The first-order valence-corrected chi connectivity index (χ1v) is 8.53. The molecule has 2 aliphatic heterocycles. The van der Waals surface area contributed by atoms with Gasteiger partial charge in [0.25, 0.3) is 0 Å². The van der Waals surface area contributed by atoms with Crippen molar-refractivity contribution in [1.82, 2.24) is 19.6 Å². The SMILES string of the molecule is CCOCCN1CCN([C@H]2CCN(c3cnn(C)c3)C2=O)CC1. The zero-order valence-corrected chi connectivity index (χ0v) is 14.1. The summed E-state index contributed by atoms with van der Waals surface area (Å²) in [6.07, 6.45) is 4.59. The van der Waals surface area contributed by atoms with Crippen LogP contribution in [-0.4, -0.2) is 84.0 Å². The summed E-state index contributed by atoms with van der Waals surface area (Å²) in [6, 6.07) is 0.0317. The number of hydrogen-bond donors (Lipinski definition) is 0. The van der Waals surface area contributed by atoms with Gasteiger partial charge in [-0.05, 0) is 13.3 Å². The Labute approximate surface area is 137 Å². The maximum Gasteiger partial charge on any atom is 0.244 e. The van der Waals surface area contributed by atoms with Gasteiger partial charge in [0.15, 0.2) is 0 Å².